The molecule has 0 unspecified atom stereocenters. The first-order chi connectivity index (χ1) is 25.7. The summed E-state index contributed by atoms with van der Waals surface area (Å²) in [5.74, 6) is -11.1. The monoisotopic (exact) mass is 739 g/mol. The Kier molecular flexibility index (Phi) is 8.45. The van der Waals surface area contributed by atoms with Gasteiger partial charge in [0.2, 0.25) is 5.82 Å². The normalized spacial score (nSPS) is 13.1. The quantitative estimate of drug-likeness (QED) is 0.0738. The Hall–Kier alpha value is -5.80. The Morgan fingerprint density at radius 3 is 1.50 bits per heavy atom. The van der Waals surface area contributed by atoms with Gasteiger partial charge in [-0.1, -0.05) is 136 Å². The summed E-state index contributed by atoms with van der Waals surface area (Å²) in [6.45, 7) is 11.1. The Balaban J connectivity index is 1.22. The van der Waals surface area contributed by atoms with E-state index in [0.29, 0.717) is 11.1 Å². The van der Waals surface area contributed by atoms with Crippen LogP contribution in [-0.4, -0.2) is 23.0 Å². The molecule has 0 atom stereocenters. The molecule has 1 heterocycles. The van der Waals surface area contributed by atoms with Gasteiger partial charge in [0, 0.05) is 16.5 Å². The molecule has 1 aromatic heterocycles. The van der Waals surface area contributed by atoms with Gasteiger partial charge in [0.15, 0.2) is 40.7 Å². The van der Waals surface area contributed by atoms with Crippen LogP contribution in [0.4, 0.5) is 22.0 Å². The molecular formula is C45H34F5N3Si. The van der Waals surface area contributed by atoms with Gasteiger partial charge in [-0.3, -0.25) is 0 Å². The van der Waals surface area contributed by atoms with Crippen LogP contribution in [0.5, 0.6) is 0 Å². The summed E-state index contributed by atoms with van der Waals surface area (Å²) >= 11 is 0. The lowest BCUT2D eigenvalue weighted by atomic mass is 9.81. The van der Waals surface area contributed by atoms with Crippen LogP contribution in [0.15, 0.2) is 115 Å². The van der Waals surface area contributed by atoms with Gasteiger partial charge in [-0.2, -0.15) is 0 Å². The molecule has 9 heteroatoms. The van der Waals surface area contributed by atoms with Crippen LogP contribution < -0.4 is 5.19 Å². The number of fused-ring (bicyclic) bond motifs is 3. The number of hydrogen-bond acceptors (Lipinski definition) is 3. The zero-order valence-corrected chi connectivity index (χ0v) is 31.2. The predicted octanol–water partition coefficient (Wildman–Crippen LogP) is 11.8. The number of nitrogens with zero attached hydrogens (tertiary/aromatic N) is 3. The number of hydrogen-bond donors (Lipinski definition) is 0. The summed E-state index contributed by atoms with van der Waals surface area (Å²) in [6.07, 6.45) is 0. The van der Waals surface area contributed by atoms with E-state index in [1.54, 1.807) is 24.3 Å². The van der Waals surface area contributed by atoms with Crippen molar-refractivity contribution in [3.63, 3.8) is 0 Å². The lowest BCUT2D eigenvalue weighted by Crippen LogP contribution is -2.37. The summed E-state index contributed by atoms with van der Waals surface area (Å²) in [5.41, 5.74) is 8.43. The first kappa shape index (κ1) is 35.2. The van der Waals surface area contributed by atoms with Crippen molar-refractivity contribution in [1.82, 2.24) is 15.0 Å². The van der Waals surface area contributed by atoms with Crippen LogP contribution in [-0.2, 0) is 5.41 Å². The number of halogens is 5. The van der Waals surface area contributed by atoms with Gasteiger partial charge in [0.05, 0.1) is 13.6 Å². The van der Waals surface area contributed by atoms with Gasteiger partial charge < -0.3 is 0 Å². The van der Waals surface area contributed by atoms with Crippen LogP contribution in [0.3, 0.4) is 0 Å². The van der Waals surface area contributed by atoms with E-state index in [9.17, 15) is 13.2 Å². The standard InChI is InChI=1S/C45H34F5N3Si/c1-45(2)34-15-7-6-14-32(34)33-21-18-29(24-35(33)45)27-11-8-10-26(22-27)28-12-9-13-30(23-28)43-51-42(25-16-19-31(20-17-25)54(3,4)5)52-44(53-43)36-37(46)39(48)41(50)40(49)38(36)47/h6-24H,1-5H3. The Morgan fingerprint density at radius 1 is 0.426 bits per heavy atom. The highest BCUT2D eigenvalue weighted by atomic mass is 28.3. The topological polar surface area (TPSA) is 38.7 Å². The maximum absolute atomic E-state index is 15.2. The van der Waals surface area contributed by atoms with E-state index >= 15 is 8.78 Å². The molecule has 7 aromatic rings. The Labute approximate surface area is 311 Å². The van der Waals surface area contributed by atoms with E-state index in [1.807, 2.05) is 36.4 Å². The molecule has 0 bridgehead atoms. The first-order valence-electron chi connectivity index (χ1n) is 17.6. The molecular weight excluding hydrogens is 706 g/mol. The fraction of sp³-hybridized carbons (Fsp3) is 0.133. The molecule has 1 aliphatic carbocycles. The van der Waals surface area contributed by atoms with Gasteiger partial charge >= 0.3 is 0 Å². The maximum Gasteiger partial charge on any atom is 0.200 e. The van der Waals surface area contributed by atoms with Crippen molar-refractivity contribution in [2.75, 3.05) is 0 Å². The molecule has 8 rings (SSSR count). The van der Waals surface area contributed by atoms with Gasteiger partial charge in [-0.15, -0.1) is 0 Å². The van der Waals surface area contributed by atoms with Gasteiger partial charge in [0.1, 0.15) is 0 Å². The van der Waals surface area contributed by atoms with E-state index in [2.05, 4.69) is 103 Å². The van der Waals surface area contributed by atoms with Gasteiger partial charge in [-0.25, -0.2) is 36.9 Å². The third-order valence-corrected chi connectivity index (χ3v) is 12.4. The first-order valence-corrected chi connectivity index (χ1v) is 21.1. The van der Waals surface area contributed by atoms with Crippen LogP contribution in [0.2, 0.25) is 19.6 Å². The summed E-state index contributed by atoms with van der Waals surface area (Å²) in [4.78, 5) is 13.2. The molecule has 6 aromatic carbocycles. The lowest BCUT2D eigenvalue weighted by molar-refractivity contribution is 0.381. The minimum absolute atomic E-state index is 0.00615. The van der Waals surface area contributed by atoms with Crippen LogP contribution >= 0.6 is 0 Å². The minimum atomic E-state index is -2.26. The number of aromatic nitrogens is 3. The molecule has 0 fully saturated rings. The van der Waals surface area contributed by atoms with Crippen molar-refractivity contribution in [1.29, 1.82) is 0 Å². The molecule has 0 N–H and O–H groups in total. The third-order valence-electron chi connectivity index (χ3n) is 10.3. The second kappa shape index (κ2) is 12.9. The molecule has 54 heavy (non-hydrogen) atoms. The van der Waals surface area contributed by atoms with Crippen molar-refractivity contribution in [3.05, 3.63) is 155 Å². The minimum Gasteiger partial charge on any atom is -0.208 e. The fourth-order valence-corrected chi connectivity index (χ4v) is 8.43. The molecule has 3 nitrogen and oxygen atoms in total. The largest absolute Gasteiger partial charge is 0.208 e. The second-order valence-corrected chi connectivity index (χ2v) is 20.2. The molecule has 1 aliphatic rings. The summed E-state index contributed by atoms with van der Waals surface area (Å²) in [6, 6.07) is 37.9. The molecule has 0 saturated carbocycles. The molecule has 0 radical (unpaired) electrons. The maximum atomic E-state index is 15.2. The SMILES string of the molecule is CC1(C)c2ccccc2-c2ccc(-c3cccc(-c4cccc(-c5nc(-c6ccc([Si](C)(C)C)cc6)nc(-c6c(F)c(F)c(F)c(F)c6F)n5)c4)c3)cc21. The van der Waals surface area contributed by atoms with Crippen LogP contribution in [0.25, 0.3) is 67.5 Å². The zero-order chi connectivity index (χ0) is 38.1. The third kappa shape index (κ3) is 5.93. The Bertz CT molecular complexity index is 2600. The second-order valence-electron chi connectivity index (χ2n) is 15.2. The Morgan fingerprint density at radius 2 is 0.889 bits per heavy atom. The lowest BCUT2D eigenvalue weighted by Gasteiger charge is -2.22. The van der Waals surface area contributed by atoms with E-state index in [1.165, 1.54) is 22.3 Å². The average molecular weight is 740 g/mol. The van der Waals surface area contributed by atoms with E-state index in [0.717, 1.165) is 27.4 Å². The van der Waals surface area contributed by atoms with E-state index in [4.69, 9.17) is 0 Å². The van der Waals surface area contributed by atoms with Crippen molar-refractivity contribution in [2.24, 2.45) is 0 Å². The van der Waals surface area contributed by atoms with Gasteiger partial charge in [0.25, 0.3) is 0 Å². The van der Waals surface area contributed by atoms with Crippen LogP contribution in [0, 0.1) is 29.1 Å². The van der Waals surface area contributed by atoms with E-state index < -0.39 is 48.5 Å². The molecule has 268 valence electrons. The van der Waals surface area contributed by atoms with Crippen molar-refractivity contribution in [3.8, 4) is 67.5 Å². The molecule has 0 amide bonds. The summed E-state index contributed by atoms with van der Waals surface area (Å²) in [7, 11) is -1.68. The van der Waals surface area contributed by atoms with Crippen molar-refractivity contribution >= 4 is 13.3 Å². The van der Waals surface area contributed by atoms with Crippen molar-refractivity contribution < 1.29 is 22.0 Å². The van der Waals surface area contributed by atoms with Crippen molar-refractivity contribution in [2.45, 2.75) is 38.9 Å². The van der Waals surface area contributed by atoms with Gasteiger partial charge in [-0.05, 0) is 62.7 Å². The highest BCUT2D eigenvalue weighted by Crippen LogP contribution is 2.49. The average Bonchev–Trinajstić information content (AvgIpc) is 3.41. The highest BCUT2D eigenvalue weighted by Gasteiger charge is 2.35. The number of rotatable bonds is 6. The fourth-order valence-electron chi connectivity index (χ4n) is 7.27. The summed E-state index contributed by atoms with van der Waals surface area (Å²) < 4.78 is 73.2. The van der Waals surface area contributed by atoms with Crippen LogP contribution in [0.1, 0.15) is 25.0 Å². The smallest absolute Gasteiger partial charge is 0.200 e. The zero-order valence-electron chi connectivity index (χ0n) is 30.2. The molecule has 0 aliphatic heterocycles. The molecule has 0 spiro atoms. The summed E-state index contributed by atoms with van der Waals surface area (Å²) in [5, 5.41) is 1.16. The highest BCUT2D eigenvalue weighted by molar-refractivity contribution is 6.88. The number of benzene rings is 6. The molecule has 0 saturated heterocycles. The van der Waals surface area contributed by atoms with E-state index in [-0.39, 0.29) is 17.1 Å². The predicted molar refractivity (Wildman–Crippen MR) is 207 cm³/mol.